The van der Waals surface area contributed by atoms with E-state index in [0.29, 0.717) is 15.3 Å². The van der Waals surface area contributed by atoms with Gasteiger partial charge in [-0.25, -0.2) is 4.85 Å². The first-order valence-electron chi connectivity index (χ1n) is 6.84. The molecule has 0 aliphatic carbocycles. The second-order valence-corrected chi connectivity index (χ2v) is 6.71. The molecule has 2 rings (SSSR count). The fourth-order valence-electron chi connectivity index (χ4n) is 2.17. The second kappa shape index (κ2) is 6.83. The van der Waals surface area contributed by atoms with E-state index in [0.717, 1.165) is 11.1 Å². The molecule has 0 saturated heterocycles. The third-order valence-corrected chi connectivity index (χ3v) is 4.88. The number of hydrogen-bond donors (Lipinski definition) is 1. The van der Waals surface area contributed by atoms with Crippen molar-refractivity contribution in [3.8, 4) is 0 Å². The number of carbonyl (C=O) groups is 1. The van der Waals surface area contributed by atoms with E-state index < -0.39 is 5.60 Å². The van der Waals surface area contributed by atoms with Gasteiger partial charge in [-0.1, -0.05) is 29.8 Å². The Balaban J connectivity index is 2.14. The zero-order valence-electron chi connectivity index (χ0n) is 12.7. The zero-order valence-corrected chi connectivity index (χ0v) is 15.0. The van der Waals surface area contributed by atoms with E-state index in [1.54, 1.807) is 18.2 Å². The van der Waals surface area contributed by atoms with Gasteiger partial charge in [0.15, 0.2) is 11.5 Å². The van der Waals surface area contributed by atoms with Crippen LogP contribution in [0.4, 0.5) is 5.69 Å². The molecule has 2 aromatic rings. The van der Waals surface area contributed by atoms with Gasteiger partial charge in [-0.2, -0.15) is 5.10 Å². The molecule has 1 N–H and O–H groups in total. The minimum atomic E-state index is -1.58. The van der Waals surface area contributed by atoms with Crippen molar-refractivity contribution in [1.82, 2.24) is 9.78 Å². The minimum absolute atomic E-state index is 0.00173. The highest BCUT2D eigenvalue weighted by Gasteiger charge is 2.31. The summed E-state index contributed by atoms with van der Waals surface area (Å²) in [6, 6.07) is 5.21. The van der Waals surface area contributed by atoms with Crippen molar-refractivity contribution in [2.45, 2.75) is 32.4 Å². The SMILES string of the molecule is [C-]#[N+]c1ccc(CC(=O)[C@@](C)(O)Cn2ncc(Cl)c2Br)cc1C. The number of nitrogens with zero attached hydrogens (tertiary/aromatic N) is 3. The molecule has 0 spiro atoms. The van der Waals surface area contributed by atoms with Gasteiger partial charge in [0.2, 0.25) is 0 Å². The number of aryl methyl sites for hydroxylation is 1. The van der Waals surface area contributed by atoms with Crippen molar-refractivity contribution >= 4 is 39.0 Å². The lowest BCUT2D eigenvalue weighted by Crippen LogP contribution is -2.41. The van der Waals surface area contributed by atoms with E-state index in [4.69, 9.17) is 18.2 Å². The first-order valence-corrected chi connectivity index (χ1v) is 8.01. The molecule has 0 fully saturated rings. The fourth-order valence-corrected chi connectivity index (χ4v) is 2.63. The molecular formula is C16H15BrClN3O2. The van der Waals surface area contributed by atoms with Crippen LogP contribution >= 0.6 is 27.5 Å². The van der Waals surface area contributed by atoms with Gasteiger partial charge in [0, 0.05) is 6.42 Å². The number of halogens is 2. The van der Waals surface area contributed by atoms with Gasteiger partial charge >= 0.3 is 0 Å². The van der Waals surface area contributed by atoms with Crippen LogP contribution in [0.3, 0.4) is 0 Å². The molecule has 0 radical (unpaired) electrons. The van der Waals surface area contributed by atoms with Crippen molar-refractivity contribution in [1.29, 1.82) is 0 Å². The van der Waals surface area contributed by atoms with E-state index in [1.165, 1.54) is 17.8 Å². The molecule has 0 saturated carbocycles. The molecule has 0 aliphatic rings. The Morgan fingerprint density at radius 1 is 1.57 bits per heavy atom. The Morgan fingerprint density at radius 2 is 2.26 bits per heavy atom. The molecule has 5 nitrogen and oxygen atoms in total. The number of hydrogen-bond acceptors (Lipinski definition) is 3. The average Bonchev–Trinajstić information content (AvgIpc) is 2.79. The summed E-state index contributed by atoms with van der Waals surface area (Å²) < 4.78 is 1.96. The summed E-state index contributed by atoms with van der Waals surface area (Å²) in [5, 5.41) is 14.9. The number of aliphatic hydroxyl groups is 1. The summed E-state index contributed by atoms with van der Waals surface area (Å²) in [6.07, 6.45) is 1.53. The lowest BCUT2D eigenvalue weighted by molar-refractivity contribution is -0.136. The summed E-state index contributed by atoms with van der Waals surface area (Å²) in [5.74, 6) is -0.328. The first kappa shape index (κ1) is 17.7. The summed E-state index contributed by atoms with van der Waals surface area (Å²) in [7, 11) is 0. The van der Waals surface area contributed by atoms with Gasteiger partial charge in [-0.05, 0) is 40.9 Å². The van der Waals surface area contributed by atoms with Gasteiger partial charge in [-0.3, -0.25) is 9.48 Å². The van der Waals surface area contributed by atoms with Gasteiger partial charge in [0.25, 0.3) is 0 Å². The quantitative estimate of drug-likeness (QED) is 0.784. The second-order valence-electron chi connectivity index (χ2n) is 5.55. The lowest BCUT2D eigenvalue weighted by atomic mass is 9.94. The maximum absolute atomic E-state index is 12.4. The number of Topliss-reactive ketones (excluding diaryl/α,β-unsaturated/α-hetero) is 1. The smallest absolute Gasteiger partial charge is 0.190 e. The van der Waals surface area contributed by atoms with Gasteiger partial charge in [0.1, 0.15) is 10.2 Å². The minimum Gasteiger partial charge on any atom is -0.380 e. The van der Waals surface area contributed by atoms with Crippen LogP contribution in [-0.4, -0.2) is 26.3 Å². The van der Waals surface area contributed by atoms with E-state index in [2.05, 4.69) is 25.9 Å². The predicted octanol–water partition coefficient (Wildman–Crippen LogP) is 3.72. The molecule has 120 valence electrons. The molecule has 0 bridgehead atoms. The highest BCUT2D eigenvalue weighted by atomic mass is 79.9. The summed E-state index contributed by atoms with van der Waals surface area (Å²) >= 11 is 9.15. The van der Waals surface area contributed by atoms with E-state index in [9.17, 15) is 9.90 Å². The molecule has 1 aromatic carbocycles. The van der Waals surface area contributed by atoms with Crippen LogP contribution in [0, 0.1) is 13.5 Å². The van der Waals surface area contributed by atoms with Gasteiger partial charge < -0.3 is 5.11 Å². The van der Waals surface area contributed by atoms with Crippen LogP contribution in [0.5, 0.6) is 0 Å². The van der Waals surface area contributed by atoms with E-state index in [1.807, 2.05) is 6.92 Å². The molecule has 1 aromatic heterocycles. The Kier molecular flexibility index (Phi) is 5.25. The molecule has 0 amide bonds. The average molecular weight is 397 g/mol. The molecule has 23 heavy (non-hydrogen) atoms. The zero-order chi connectivity index (χ0) is 17.2. The monoisotopic (exact) mass is 395 g/mol. The number of aromatic nitrogens is 2. The highest BCUT2D eigenvalue weighted by Crippen LogP contribution is 2.24. The Labute approximate surface area is 147 Å². The molecule has 0 aliphatic heterocycles. The molecule has 1 atom stereocenters. The Bertz CT molecular complexity index is 793. The number of carbonyl (C=O) groups excluding carboxylic acids is 1. The van der Waals surface area contributed by atoms with E-state index in [-0.39, 0.29) is 18.7 Å². The topological polar surface area (TPSA) is 59.5 Å². The molecule has 1 heterocycles. The van der Waals surface area contributed by atoms with Crippen molar-refractivity contribution in [2.24, 2.45) is 0 Å². The summed E-state index contributed by atoms with van der Waals surface area (Å²) in [6.45, 7) is 10.3. The first-order chi connectivity index (χ1) is 10.7. The molecule has 0 unspecified atom stereocenters. The standard InChI is InChI=1S/C16H15BrClN3O2/c1-10-6-11(4-5-13(10)19-3)7-14(22)16(2,23)9-21-15(17)12(18)8-20-21/h4-6,8,23H,7,9H2,1-2H3/t16-/m0/s1. The maximum Gasteiger partial charge on any atom is 0.190 e. The van der Waals surface area contributed by atoms with Crippen LogP contribution in [0.2, 0.25) is 5.02 Å². The van der Waals surface area contributed by atoms with Crippen LogP contribution in [0.25, 0.3) is 4.85 Å². The predicted molar refractivity (Wildman–Crippen MR) is 91.7 cm³/mol. The van der Waals surface area contributed by atoms with Crippen molar-refractivity contribution in [2.75, 3.05) is 0 Å². The maximum atomic E-state index is 12.4. The Hall–Kier alpha value is -1.68. The molecule has 7 heteroatoms. The molecular weight excluding hydrogens is 382 g/mol. The highest BCUT2D eigenvalue weighted by molar-refractivity contribution is 9.10. The van der Waals surface area contributed by atoms with Crippen molar-refractivity contribution < 1.29 is 9.90 Å². The number of benzene rings is 1. The fraction of sp³-hybridized carbons (Fsp3) is 0.312. The van der Waals surface area contributed by atoms with Crippen LogP contribution in [0.1, 0.15) is 18.1 Å². The van der Waals surface area contributed by atoms with Crippen molar-refractivity contribution in [3.05, 3.63) is 56.6 Å². The van der Waals surface area contributed by atoms with E-state index >= 15 is 0 Å². The largest absolute Gasteiger partial charge is 0.380 e. The third-order valence-electron chi connectivity index (χ3n) is 3.54. The van der Waals surface area contributed by atoms with Gasteiger partial charge in [0.05, 0.1) is 24.3 Å². The Morgan fingerprint density at radius 3 is 2.78 bits per heavy atom. The summed E-state index contributed by atoms with van der Waals surface area (Å²) in [4.78, 5) is 15.8. The number of ketones is 1. The number of rotatable bonds is 5. The van der Waals surface area contributed by atoms with Crippen LogP contribution in [0.15, 0.2) is 29.0 Å². The normalized spacial score (nSPS) is 13.4. The van der Waals surface area contributed by atoms with Gasteiger partial charge in [-0.15, -0.1) is 0 Å². The van der Waals surface area contributed by atoms with Crippen LogP contribution in [-0.2, 0) is 17.8 Å². The lowest BCUT2D eigenvalue weighted by Gasteiger charge is -2.22. The summed E-state index contributed by atoms with van der Waals surface area (Å²) in [5.41, 5.74) is 0.553. The van der Waals surface area contributed by atoms with Crippen LogP contribution < -0.4 is 0 Å². The third kappa shape index (κ3) is 3.99. The van der Waals surface area contributed by atoms with Crippen molar-refractivity contribution in [3.63, 3.8) is 0 Å².